The van der Waals surface area contributed by atoms with E-state index in [1.54, 1.807) is 29.3 Å². The van der Waals surface area contributed by atoms with Gasteiger partial charge >= 0.3 is 6.03 Å². The zero-order valence-electron chi connectivity index (χ0n) is 19.4. The molecule has 180 valence electrons. The number of carbonyl (C=O) groups is 3. The van der Waals surface area contributed by atoms with Gasteiger partial charge < -0.3 is 10.2 Å². The van der Waals surface area contributed by atoms with Gasteiger partial charge in [0.2, 0.25) is 5.91 Å². The average molecular weight is 467 g/mol. The molecule has 1 spiro atoms. The van der Waals surface area contributed by atoms with Gasteiger partial charge in [-0.05, 0) is 30.9 Å². The van der Waals surface area contributed by atoms with Gasteiger partial charge in [-0.25, -0.2) is 9.78 Å². The number of fused-ring (bicyclic) bond motifs is 1. The number of imide groups is 1. The highest BCUT2D eigenvalue weighted by molar-refractivity contribution is 6.09. The maximum absolute atomic E-state index is 13.1. The Kier molecular flexibility index (Phi) is 5.85. The number of hydrogen-bond acceptors (Lipinski definition) is 6. The maximum atomic E-state index is 13.1. The summed E-state index contributed by atoms with van der Waals surface area (Å²) in [7, 11) is 0. The summed E-state index contributed by atoms with van der Waals surface area (Å²) in [6.07, 6.45) is 5.18. The third-order valence-electron chi connectivity index (χ3n) is 7.53. The first-order valence-electron chi connectivity index (χ1n) is 12.0. The molecule has 2 aromatic heterocycles. The van der Waals surface area contributed by atoms with Gasteiger partial charge in [-0.1, -0.05) is 25.8 Å². The lowest BCUT2D eigenvalue weighted by atomic mass is 9.73. The quantitative estimate of drug-likeness (QED) is 0.670. The Labute approximate surface area is 197 Å². The Morgan fingerprint density at radius 1 is 1.15 bits per heavy atom. The molecule has 2 saturated heterocycles. The average Bonchev–Trinajstić information content (AvgIpc) is 3.06. The third-order valence-corrected chi connectivity index (χ3v) is 7.53. The summed E-state index contributed by atoms with van der Waals surface area (Å²) in [6.45, 7) is 4.55. The van der Waals surface area contributed by atoms with Crippen molar-refractivity contribution < 1.29 is 14.4 Å². The van der Waals surface area contributed by atoms with Crippen LogP contribution >= 0.6 is 0 Å². The van der Waals surface area contributed by atoms with Crippen molar-refractivity contribution in [1.29, 1.82) is 0 Å². The molecule has 1 N–H and O–H groups in total. The van der Waals surface area contributed by atoms with Crippen LogP contribution in [0.3, 0.4) is 0 Å². The highest BCUT2D eigenvalue weighted by Gasteiger charge is 2.55. The maximum Gasteiger partial charge on any atom is 0.325 e. The molecule has 4 heterocycles. The SMILES string of the molecule is C[C@@H]1CCCC[C@]12NC(=O)N(CC(=O)N1CCN(Cc3cc(=O)n4ccccc4n3)CC1)C2=O. The van der Waals surface area contributed by atoms with E-state index in [1.165, 1.54) is 4.40 Å². The third kappa shape index (κ3) is 3.96. The molecule has 3 fully saturated rings. The van der Waals surface area contributed by atoms with E-state index in [0.29, 0.717) is 50.5 Å². The summed E-state index contributed by atoms with van der Waals surface area (Å²) in [4.78, 5) is 60.5. The number of piperazine rings is 1. The molecule has 3 aliphatic rings. The molecule has 10 heteroatoms. The minimum absolute atomic E-state index is 0.0677. The lowest BCUT2D eigenvalue weighted by Gasteiger charge is -2.37. The minimum Gasteiger partial charge on any atom is -0.339 e. The Morgan fingerprint density at radius 3 is 2.71 bits per heavy atom. The van der Waals surface area contributed by atoms with Crippen molar-refractivity contribution in [3.63, 3.8) is 0 Å². The van der Waals surface area contributed by atoms with Crippen LogP contribution in [-0.4, -0.2) is 80.2 Å². The lowest BCUT2D eigenvalue weighted by Crippen LogP contribution is -2.54. The molecule has 0 radical (unpaired) electrons. The number of nitrogens with one attached hydrogen (secondary N) is 1. The Hall–Kier alpha value is -3.27. The number of rotatable bonds is 4. The van der Waals surface area contributed by atoms with Crippen molar-refractivity contribution >= 4 is 23.5 Å². The minimum atomic E-state index is -0.847. The van der Waals surface area contributed by atoms with Crippen LogP contribution in [0.4, 0.5) is 4.79 Å². The van der Waals surface area contributed by atoms with Crippen LogP contribution in [0.25, 0.3) is 5.65 Å². The van der Waals surface area contributed by atoms with Gasteiger partial charge in [0.1, 0.15) is 17.7 Å². The van der Waals surface area contributed by atoms with Crippen LogP contribution in [0, 0.1) is 5.92 Å². The molecule has 2 atom stereocenters. The fraction of sp³-hybridized carbons (Fsp3) is 0.542. The highest BCUT2D eigenvalue weighted by Crippen LogP contribution is 2.38. The first-order valence-corrected chi connectivity index (χ1v) is 12.0. The van der Waals surface area contributed by atoms with E-state index in [4.69, 9.17) is 0 Å². The molecule has 0 unspecified atom stereocenters. The first kappa shape index (κ1) is 22.5. The standard InChI is InChI=1S/C24H30N6O4/c1-17-6-2-4-8-24(17)22(33)30(23(34)26-24)16-21(32)28-12-10-27(11-13-28)15-18-14-20(31)29-9-5-3-7-19(29)25-18/h3,5,7,9,14,17H,2,4,6,8,10-13,15-16H2,1H3,(H,26,34)/t17-,24+/m1/s1. The predicted octanol–water partition coefficient (Wildman–Crippen LogP) is 0.839. The van der Waals surface area contributed by atoms with Gasteiger partial charge in [0.05, 0.1) is 5.69 Å². The topological polar surface area (TPSA) is 107 Å². The van der Waals surface area contributed by atoms with Gasteiger partial charge in [-0.15, -0.1) is 0 Å². The van der Waals surface area contributed by atoms with Crippen molar-refractivity contribution in [3.8, 4) is 0 Å². The molecule has 5 rings (SSSR count). The molecule has 0 aromatic carbocycles. The molecular formula is C24H30N6O4. The summed E-state index contributed by atoms with van der Waals surface area (Å²) in [5.74, 6) is -0.408. The Bertz CT molecular complexity index is 1190. The van der Waals surface area contributed by atoms with Gasteiger partial charge in [0.25, 0.3) is 11.5 Å². The fourth-order valence-electron chi connectivity index (χ4n) is 5.44. The van der Waals surface area contributed by atoms with Crippen LogP contribution in [0.5, 0.6) is 0 Å². The van der Waals surface area contributed by atoms with Gasteiger partial charge in [-0.3, -0.25) is 28.6 Å². The molecular weight excluding hydrogens is 436 g/mol. The molecule has 10 nitrogen and oxygen atoms in total. The molecule has 4 amide bonds. The molecule has 34 heavy (non-hydrogen) atoms. The molecule has 1 aliphatic carbocycles. The number of carbonyl (C=O) groups excluding carboxylic acids is 3. The van der Waals surface area contributed by atoms with Gasteiger partial charge in [-0.2, -0.15) is 0 Å². The van der Waals surface area contributed by atoms with E-state index in [9.17, 15) is 19.2 Å². The van der Waals surface area contributed by atoms with Crippen LogP contribution in [0.2, 0.25) is 0 Å². The number of amides is 4. The van der Waals surface area contributed by atoms with Crippen LogP contribution in [0.15, 0.2) is 35.3 Å². The Morgan fingerprint density at radius 2 is 1.94 bits per heavy atom. The zero-order chi connectivity index (χ0) is 23.9. The van der Waals surface area contributed by atoms with Gasteiger partial charge in [0.15, 0.2) is 0 Å². The number of urea groups is 1. The van der Waals surface area contributed by atoms with Crippen molar-refractivity contribution in [2.75, 3.05) is 32.7 Å². The summed E-state index contributed by atoms with van der Waals surface area (Å²) in [5.41, 5.74) is 0.340. The van der Waals surface area contributed by atoms with E-state index in [1.807, 2.05) is 13.0 Å². The summed E-state index contributed by atoms with van der Waals surface area (Å²) >= 11 is 0. The largest absolute Gasteiger partial charge is 0.339 e. The fourth-order valence-corrected chi connectivity index (χ4v) is 5.44. The van der Waals surface area contributed by atoms with E-state index in [2.05, 4.69) is 15.2 Å². The predicted molar refractivity (Wildman–Crippen MR) is 124 cm³/mol. The van der Waals surface area contributed by atoms with Crippen LogP contribution in [0.1, 0.15) is 38.3 Å². The summed E-state index contributed by atoms with van der Waals surface area (Å²) < 4.78 is 1.51. The molecule has 2 aliphatic heterocycles. The normalized spacial score (nSPS) is 25.9. The lowest BCUT2D eigenvalue weighted by molar-refractivity contribution is -0.141. The second kappa shape index (κ2) is 8.83. The van der Waals surface area contributed by atoms with Crippen molar-refractivity contribution in [2.24, 2.45) is 5.92 Å². The van der Waals surface area contributed by atoms with E-state index in [0.717, 1.165) is 24.2 Å². The van der Waals surface area contributed by atoms with Crippen LogP contribution < -0.4 is 10.9 Å². The number of aromatic nitrogens is 2. The molecule has 1 saturated carbocycles. The van der Waals surface area contributed by atoms with E-state index in [-0.39, 0.29) is 29.8 Å². The second-order valence-electron chi connectivity index (χ2n) is 9.61. The van der Waals surface area contributed by atoms with E-state index < -0.39 is 11.6 Å². The second-order valence-corrected chi connectivity index (χ2v) is 9.61. The summed E-state index contributed by atoms with van der Waals surface area (Å²) in [5, 5.41) is 2.90. The summed E-state index contributed by atoms with van der Waals surface area (Å²) in [6, 6.07) is 6.53. The first-order chi connectivity index (χ1) is 16.4. The highest BCUT2D eigenvalue weighted by atomic mass is 16.2. The van der Waals surface area contributed by atoms with Crippen LogP contribution in [-0.2, 0) is 16.1 Å². The monoisotopic (exact) mass is 466 g/mol. The van der Waals surface area contributed by atoms with E-state index >= 15 is 0 Å². The van der Waals surface area contributed by atoms with Crippen molar-refractivity contribution in [1.82, 2.24) is 29.4 Å². The number of hydrogen-bond donors (Lipinski definition) is 1. The van der Waals surface area contributed by atoms with Crippen molar-refractivity contribution in [2.45, 2.75) is 44.7 Å². The van der Waals surface area contributed by atoms with Crippen molar-refractivity contribution in [3.05, 3.63) is 46.5 Å². The van der Waals surface area contributed by atoms with Gasteiger partial charge in [0, 0.05) is 45.0 Å². The Balaban J connectivity index is 1.18. The smallest absolute Gasteiger partial charge is 0.325 e. The number of nitrogens with zero attached hydrogens (tertiary/aromatic N) is 5. The zero-order valence-corrected chi connectivity index (χ0v) is 19.4. The molecule has 2 aromatic rings. The number of pyridine rings is 1. The molecule has 0 bridgehead atoms.